The minimum atomic E-state index is -0.374. The van der Waals surface area contributed by atoms with Gasteiger partial charge in [-0.05, 0) is 30.2 Å². The van der Waals surface area contributed by atoms with E-state index in [0.717, 1.165) is 35.5 Å². The highest BCUT2D eigenvalue weighted by Gasteiger charge is 2.29. The van der Waals surface area contributed by atoms with Crippen LogP contribution in [0.1, 0.15) is 18.9 Å². The third-order valence-electron chi connectivity index (χ3n) is 5.65. The van der Waals surface area contributed by atoms with E-state index in [1.807, 2.05) is 12.2 Å². The largest absolute Gasteiger partial charge is 0.376 e. The highest BCUT2D eigenvalue weighted by molar-refractivity contribution is 5.79. The zero-order valence-electron chi connectivity index (χ0n) is 17.3. The lowest BCUT2D eigenvalue weighted by Gasteiger charge is -2.35. The summed E-state index contributed by atoms with van der Waals surface area (Å²) in [5, 5.41) is 7.35. The van der Waals surface area contributed by atoms with Crippen molar-refractivity contribution in [3.63, 3.8) is 0 Å². The first-order chi connectivity index (χ1) is 14.5. The number of allylic oxidation sites excluding steroid dienone is 3. The standard InChI is InChI=1S/C21H28FN7O/c1-13-10-29(4-5-30-13)21-8-19(24-12-25-21)14(2)16-6-17(15-9-26-28(3)11-15)18(22)7-20(16)27-23/h6,8-9,11-13,20-21,27H,2,4-5,7,10,23H2,1,3H3,(H,24,25)/t13-,20+,21+/m0/s1. The molecule has 1 aromatic heterocycles. The van der Waals surface area contributed by atoms with Crippen LogP contribution in [0.2, 0.25) is 0 Å². The van der Waals surface area contributed by atoms with Gasteiger partial charge < -0.3 is 10.1 Å². The monoisotopic (exact) mass is 413 g/mol. The summed E-state index contributed by atoms with van der Waals surface area (Å²) in [6.07, 6.45) is 9.23. The SMILES string of the molecule is C=C(C1=C[C@@H](N2CCO[C@@H](C)C2)N=CN1)C1=CC(c2cnn(C)c2)=C(F)C[C@H]1NN. The number of rotatable bonds is 5. The van der Waals surface area contributed by atoms with E-state index in [9.17, 15) is 4.39 Å². The highest BCUT2D eigenvalue weighted by Crippen LogP contribution is 2.35. The summed E-state index contributed by atoms with van der Waals surface area (Å²) in [5.74, 6) is 5.52. The van der Waals surface area contributed by atoms with E-state index >= 15 is 0 Å². The Balaban J connectivity index is 1.61. The number of ether oxygens (including phenoxy) is 1. The average Bonchev–Trinajstić information content (AvgIpc) is 3.19. The fourth-order valence-electron chi connectivity index (χ4n) is 4.03. The van der Waals surface area contributed by atoms with Crippen molar-refractivity contribution < 1.29 is 9.13 Å². The van der Waals surface area contributed by atoms with Crippen molar-refractivity contribution >= 4 is 11.9 Å². The van der Waals surface area contributed by atoms with Gasteiger partial charge in [-0.2, -0.15) is 5.10 Å². The number of aliphatic imine (C=N–C) groups is 1. The Kier molecular flexibility index (Phi) is 5.96. The van der Waals surface area contributed by atoms with E-state index in [0.29, 0.717) is 12.2 Å². The molecule has 0 spiro atoms. The van der Waals surface area contributed by atoms with Crippen LogP contribution in [0.4, 0.5) is 4.39 Å². The van der Waals surface area contributed by atoms with E-state index in [1.165, 1.54) is 0 Å². The summed E-state index contributed by atoms with van der Waals surface area (Å²) in [5.41, 5.74) is 6.39. The smallest absolute Gasteiger partial charge is 0.125 e. The first-order valence-corrected chi connectivity index (χ1v) is 10.1. The molecule has 0 unspecified atom stereocenters. The molecule has 3 aliphatic rings. The fraction of sp³-hybridized carbons (Fsp3) is 0.429. The van der Waals surface area contributed by atoms with Gasteiger partial charge >= 0.3 is 0 Å². The van der Waals surface area contributed by atoms with Gasteiger partial charge in [0, 0.05) is 49.6 Å². The molecule has 0 bridgehead atoms. The van der Waals surface area contributed by atoms with E-state index in [4.69, 9.17) is 10.6 Å². The number of morpholine rings is 1. The average molecular weight is 414 g/mol. The molecule has 9 heteroatoms. The van der Waals surface area contributed by atoms with Crippen molar-refractivity contribution in [2.75, 3.05) is 19.7 Å². The van der Waals surface area contributed by atoms with Gasteiger partial charge in [0.25, 0.3) is 0 Å². The lowest BCUT2D eigenvalue weighted by atomic mass is 9.86. The van der Waals surface area contributed by atoms with Crippen LogP contribution in [0.3, 0.4) is 0 Å². The molecule has 3 atom stereocenters. The molecule has 160 valence electrons. The first-order valence-electron chi connectivity index (χ1n) is 10.1. The summed E-state index contributed by atoms with van der Waals surface area (Å²) in [4.78, 5) is 6.83. The van der Waals surface area contributed by atoms with Crippen molar-refractivity contribution in [1.82, 2.24) is 25.4 Å². The predicted octanol–water partition coefficient (Wildman–Crippen LogP) is 1.38. The second kappa shape index (κ2) is 8.65. The van der Waals surface area contributed by atoms with E-state index in [2.05, 4.69) is 39.2 Å². The Bertz CT molecular complexity index is 945. The van der Waals surface area contributed by atoms with Crippen LogP contribution < -0.4 is 16.6 Å². The zero-order valence-corrected chi connectivity index (χ0v) is 17.3. The lowest BCUT2D eigenvalue weighted by molar-refractivity contribution is -0.0265. The van der Waals surface area contributed by atoms with E-state index in [-0.39, 0.29) is 30.6 Å². The summed E-state index contributed by atoms with van der Waals surface area (Å²) in [6.45, 7) is 8.67. The molecule has 1 aliphatic carbocycles. The van der Waals surface area contributed by atoms with Crippen molar-refractivity contribution in [2.24, 2.45) is 17.9 Å². The topological polar surface area (TPSA) is 92.7 Å². The number of halogens is 1. The van der Waals surface area contributed by atoms with Crippen LogP contribution in [0.15, 0.2) is 58.8 Å². The van der Waals surface area contributed by atoms with Crippen LogP contribution in [0.25, 0.3) is 5.57 Å². The molecule has 8 nitrogen and oxygen atoms in total. The lowest BCUT2D eigenvalue weighted by Crippen LogP contribution is -2.47. The summed E-state index contributed by atoms with van der Waals surface area (Å²) < 4.78 is 22.1. The number of nitrogens with two attached hydrogens (primary N) is 1. The number of nitrogens with zero attached hydrogens (tertiary/aromatic N) is 4. The molecule has 1 aromatic rings. The van der Waals surface area contributed by atoms with E-state index < -0.39 is 0 Å². The number of aryl methyl sites for hydroxylation is 1. The predicted molar refractivity (Wildman–Crippen MR) is 115 cm³/mol. The minimum Gasteiger partial charge on any atom is -0.376 e. The molecule has 2 aliphatic heterocycles. The van der Waals surface area contributed by atoms with Crippen molar-refractivity contribution in [3.8, 4) is 0 Å². The van der Waals surface area contributed by atoms with Crippen molar-refractivity contribution in [2.45, 2.75) is 31.7 Å². The second-order valence-corrected chi connectivity index (χ2v) is 7.82. The Hall–Kier alpha value is -2.59. The maximum Gasteiger partial charge on any atom is 0.125 e. The number of aromatic nitrogens is 2. The van der Waals surface area contributed by atoms with Crippen LogP contribution in [-0.2, 0) is 11.8 Å². The molecule has 30 heavy (non-hydrogen) atoms. The van der Waals surface area contributed by atoms with Gasteiger partial charge in [0.05, 0.1) is 31.3 Å². The van der Waals surface area contributed by atoms with Gasteiger partial charge in [-0.15, -0.1) is 0 Å². The summed E-state index contributed by atoms with van der Waals surface area (Å²) in [6, 6.07) is -0.374. The Morgan fingerprint density at radius 3 is 3.00 bits per heavy atom. The molecule has 0 saturated carbocycles. The maximum atomic E-state index is 14.8. The first kappa shape index (κ1) is 20.7. The number of hydrazine groups is 1. The van der Waals surface area contributed by atoms with Crippen molar-refractivity contribution in [3.05, 3.63) is 59.4 Å². The van der Waals surface area contributed by atoms with Gasteiger partial charge in [-0.1, -0.05) is 6.58 Å². The molecule has 0 amide bonds. The third-order valence-corrected chi connectivity index (χ3v) is 5.65. The van der Waals surface area contributed by atoms with Gasteiger partial charge in [0.15, 0.2) is 0 Å². The van der Waals surface area contributed by atoms with Crippen LogP contribution in [0.5, 0.6) is 0 Å². The van der Waals surface area contributed by atoms with Gasteiger partial charge in [0.1, 0.15) is 12.0 Å². The molecular formula is C21H28FN7O. The summed E-state index contributed by atoms with van der Waals surface area (Å²) in [7, 11) is 1.81. The Morgan fingerprint density at radius 2 is 2.30 bits per heavy atom. The molecule has 0 radical (unpaired) electrons. The normalized spacial score (nSPS) is 27.5. The number of hydrogen-bond donors (Lipinski definition) is 3. The molecule has 0 aromatic carbocycles. The van der Waals surface area contributed by atoms with Gasteiger partial charge in [0.2, 0.25) is 0 Å². The van der Waals surface area contributed by atoms with Crippen molar-refractivity contribution in [1.29, 1.82) is 0 Å². The van der Waals surface area contributed by atoms with Gasteiger partial charge in [-0.3, -0.25) is 25.8 Å². The summed E-state index contributed by atoms with van der Waals surface area (Å²) >= 11 is 0. The second-order valence-electron chi connectivity index (χ2n) is 7.82. The minimum absolute atomic E-state index is 0.0945. The number of hydrogen-bond acceptors (Lipinski definition) is 7. The quantitative estimate of drug-likeness (QED) is 0.499. The molecule has 4 N–H and O–H groups in total. The molecule has 1 saturated heterocycles. The number of nitrogens with one attached hydrogen (secondary N) is 2. The maximum absolute atomic E-state index is 14.8. The van der Waals surface area contributed by atoms with Gasteiger partial charge in [-0.25, -0.2) is 4.39 Å². The third kappa shape index (κ3) is 4.15. The molecule has 1 fully saturated rings. The molecule has 3 heterocycles. The highest BCUT2D eigenvalue weighted by atomic mass is 19.1. The Labute approximate surface area is 175 Å². The Morgan fingerprint density at radius 1 is 1.47 bits per heavy atom. The van der Waals surface area contributed by atoms with Crippen LogP contribution in [-0.4, -0.2) is 59.0 Å². The molecule has 4 rings (SSSR count). The van der Waals surface area contributed by atoms with E-state index in [1.54, 1.807) is 30.5 Å². The fourth-order valence-corrected chi connectivity index (χ4v) is 4.03. The zero-order chi connectivity index (χ0) is 21.3. The van der Waals surface area contributed by atoms with Crippen LogP contribution in [0, 0.1) is 0 Å². The molecular weight excluding hydrogens is 385 g/mol. The van der Waals surface area contributed by atoms with Crippen LogP contribution >= 0.6 is 0 Å².